The zero-order chi connectivity index (χ0) is 13.9. The van der Waals surface area contributed by atoms with Gasteiger partial charge in [0.15, 0.2) is 0 Å². The number of aliphatic hydroxyl groups is 1. The molecule has 0 saturated heterocycles. The highest BCUT2D eigenvalue weighted by Crippen LogP contribution is 2.06. The van der Waals surface area contributed by atoms with Gasteiger partial charge in [-0.1, -0.05) is 0 Å². The van der Waals surface area contributed by atoms with Crippen LogP contribution in [0.4, 0.5) is 0 Å². The molecule has 1 atom stereocenters. The molecule has 1 unspecified atom stereocenters. The number of nitriles is 1. The summed E-state index contributed by atoms with van der Waals surface area (Å²) in [5, 5.41) is 18.8. The second-order valence-corrected chi connectivity index (χ2v) is 4.78. The summed E-state index contributed by atoms with van der Waals surface area (Å²) in [7, 11) is 3.59. The Labute approximate surface area is 104 Å². The monoisotopic (exact) mass is 252 g/mol. The lowest BCUT2D eigenvalue weighted by Gasteiger charge is -2.27. The molecule has 98 valence electrons. The number of hydrogen-bond acceptors (Lipinski definition) is 5. The van der Waals surface area contributed by atoms with Gasteiger partial charge < -0.3 is 10.0 Å². The first kappa shape index (κ1) is 14.2. The van der Waals surface area contributed by atoms with Gasteiger partial charge in [-0.15, -0.1) is 0 Å². The number of aromatic amines is 1. The van der Waals surface area contributed by atoms with Gasteiger partial charge in [0.05, 0.1) is 12.1 Å². The van der Waals surface area contributed by atoms with E-state index in [-0.39, 0.29) is 12.1 Å². The molecule has 18 heavy (non-hydrogen) atoms. The molecule has 0 spiro atoms. The Bertz CT molecular complexity index is 577. The first-order chi connectivity index (χ1) is 8.25. The van der Waals surface area contributed by atoms with Crippen molar-refractivity contribution in [3.63, 3.8) is 0 Å². The molecule has 0 aromatic carbocycles. The van der Waals surface area contributed by atoms with Gasteiger partial charge in [0, 0.05) is 12.7 Å². The fraction of sp³-hybridized carbons (Fsp3) is 0.545. The van der Waals surface area contributed by atoms with Gasteiger partial charge in [-0.3, -0.25) is 14.3 Å². The van der Waals surface area contributed by atoms with E-state index in [1.165, 1.54) is 0 Å². The van der Waals surface area contributed by atoms with Crippen LogP contribution in [0.5, 0.6) is 0 Å². The Morgan fingerprint density at radius 3 is 2.67 bits per heavy atom. The molecule has 0 radical (unpaired) electrons. The van der Waals surface area contributed by atoms with E-state index in [1.807, 2.05) is 4.98 Å². The van der Waals surface area contributed by atoms with E-state index < -0.39 is 16.9 Å². The van der Waals surface area contributed by atoms with Crippen LogP contribution in [0.2, 0.25) is 0 Å². The summed E-state index contributed by atoms with van der Waals surface area (Å²) < 4.78 is 1.13. The van der Waals surface area contributed by atoms with E-state index in [0.29, 0.717) is 6.54 Å². The number of nitrogens with zero attached hydrogens (tertiary/aromatic N) is 3. The van der Waals surface area contributed by atoms with Crippen LogP contribution in [0.25, 0.3) is 0 Å². The first-order valence-electron chi connectivity index (χ1n) is 5.36. The Balaban J connectivity index is 3.09. The lowest BCUT2D eigenvalue weighted by molar-refractivity contribution is 0.0164. The van der Waals surface area contributed by atoms with Gasteiger partial charge in [0.25, 0.3) is 5.56 Å². The van der Waals surface area contributed by atoms with Crippen LogP contribution in [0.3, 0.4) is 0 Å². The molecular formula is C11H16N4O3. The van der Waals surface area contributed by atoms with Crippen molar-refractivity contribution in [1.29, 1.82) is 5.26 Å². The summed E-state index contributed by atoms with van der Waals surface area (Å²) in [6.07, 6.45) is 1.16. The van der Waals surface area contributed by atoms with Crippen LogP contribution >= 0.6 is 0 Å². The van der Waals surface area contributed by atoms with Crippen molar-refractivity contribution < 1.29 is 5.11 Å². The minimum absolute atomic E-state index is 0.00449. The van der Waals surface area contributed by atoms with Crippen LogP contribution in [0.1, 0.15) is 12.5 Å². The molecule has 0 aliphatic rings. The Morgan fingerprint density at radius 2 is 2.17 bits per heavy atom. The van der Waals surface area contributed by atoms with Crippen molar-refractivity contribution in [3.8, 4) is 6.07 Å². The van der Waals surface area contributed by atoms with Crippen LogP contribution in [-0.4, -0.2) is 45.8 Å². The van der Waals surface area contributed by atoms with Crippen LogP contribution in [0.15, 0.2) is 15.8 Å². The third kappa shape index (κ3) is 3.55. The number of H-pyrrole nitrogens is 1. The van der Waals surface area contributed by atoms with E-state index in [1.54, 1.807) is 32.0 Å². The summed E-state index contributed by atoms with van der Waals surface area (Å²) in [6.45, 7) is 1.92. The third-order valence-corrected chi connectivity index (χ3v) is 2.30. The zero-order valence-corrected chi connectivity index (χ0v) is 10.6. The van der Waals surface area contributed by atoms with Gasteiger partial charge in [0.1, 0.15) is 11.6 Å². The van der Waals surface area contributed by atoms with Crippen molar-refractivity contribution in [2.24, 2.45) is 0 Å². The van der Waals surface area contributed by atoms with Gasteiger partial charge in [-0.05, 0) is 21.0 Å². The molecule has 7 nitrogen and oxygen atoms in total. The summed E-state index contributed by atoms with van der Waals surface area (Å²) in [5.74, 6) is 0. The van der Waals surface area contributed by atoms with Gasteiger partial charge in [0.2, 0.25) is 0 Å². The number of likely N-dealkylation sites (N-methyl/N-ethyl adjacent to an activating group) is 1. The van der Waals surface area contributed by atoms with E-state index in [2.05, 4.69) is 0 Å². The molecule has 0 fully saturated rings. The fourth-order valence-electron chi connectivity index (χ4n) is 1.80. The number of nitrogens with one attached hydrogen (secondary N) is 1. The molecule has 0 saturated carbocycles. The largest absolute Gasteiger partial charge is 0.387 e. The number of hydrogen-bond donors (Lipinski definition) is 2. The molecule has 0 bridgehead atoms. The van der Waals surface area contributed by atoms with E-state index >= 15 is 0 Å². The molecule has 1 rings (SSSR count). The van der Waals surface area contributed by atoms with E-state index in [0.717, 1.165) is 10.8 Å². The van der Waals surface area contributed by atoms with Crippen molar-refractivity contribution in [1.82, 2.24) is 14.5 Å². The molecule has 0 aliphatic heterocycles. The molecule has 1 heterocycles. The minimum atomic E-state index is -1.14. The lowest BCUT2D eigenvalue weighted by Crippen LogP contribution is -2.44. The predicted molar refractivity (Wildman–Crippen MR) is 65.2 cm³/mol. The standard InChI is InChI=1S/C11H16N4O3/c1-11(18,6-14(2)3)7-15-5-8(4-12)9(16)13-10(15)17/h5,18H,6-7H2,1-3H3,(H,13,16,17). The zero-order valence-electron chi connectivity index (χ0n) is 10.6. The quantitative estimate of drug-likeness (QED) is 0.695. The highest BCUT2D eigenvalue weighted by atomic mass is 16.3. The maximum atomic E-state index is 11.5. The van der Waals surface area contributed by atoms with Crippen LogP contribution in [0, 0.1) is 11.3 Å². The van der Waals surface area contributed by atoms with Crippen LogP contribution in [-0.2, 0) is 6.54 Å². The Kier molecular flexibility index (Phi) is 4.06. The fourth-order valence-corrected chi connectivity index (χ4v) is 1.80. The number of aromatic nitrogens is 2. The SMILES string of the molecule is CN(C)CC(C)(O)Cn1cc(C#N)c(=O)[nH]c1=O. The maximum Gasteiger partial charge on any atom is 0.328 e. The molecule has 0 amide bonds. The summed E-state index contributed by atoms with van der Waals surface area (Å²) in [5.41, 5.74) is -2.66. The van der Waals surface area contributed by atoms with Gasteiger partial charge in [-0.25, -0.2) is 4.79 Å². The van der Waals surface area contributed by atoms with E-state index in [4.69, 9.17) is 5.26 Å². The molecule has 1 aromatic heterocycles. The van der Waals surface area contributed by atoms with Crippen molar-refractivity contribution >= 4 is 0 Å². The van der Waals surface area contributed by atoms with Crippen LogP contribution < -0.4 is 11.2 Å². The van der Waals surface area contributed by atoms with E-state index in [9.17, 15) is 14.7 Å². The number of rotatable bonds is 4. The highest BCUT2D eigenvalue weighted by Gasteiger charge is 2.23. The average Bonchev–Trinajstić information content (AvgIpc) is 2.19. The summed E-state index contributed by atoms with van der Waals surface area (Å²) in [4.78, 5) is 26.6. The summed E-state index contributed by atoms with van der Waals surface area (Å²) >= 11 is 0. The molecule has 0 aliphatic carbocycles. The smallest absolute Gasteiger partial charge is 0.328 e. The Morgan fingerprint density at radius 1 is 1.56 bits per heavy atom. The van der Waals surface area contributed by atoms with Gasteiger partial charge >= 0.3 is 5.69 Å². The first-order valence-corrected chi connectivity index (χ1v) is 5.36. The molecule has 7 heteroatoms. The lowest BCUT2D eigenvalue weighted by atomic mass is 10.1. The highest BCUT2D eigenvalue weighted by molar-refractivity contribution is 5.21. The maximum absolute atomic E-state index is 11.5. The molecular weight excluding hydrogens is 236 g/mol. The molecule has 1 aromatic rings. The minimum Gasteiger partial charge on any atom is -0.387 e. The average molecular weight is 252 g/mol. The predicted octanol–water partition coefficient (Wildman–Crippen LogP) is -1.28. The van der Waals surface area contributed by atoms with Crippen molar-refractivity contribution in [2.75, 3.05) is 20.6 Å². The third-order valence-electron chi connectivity index (χ3n) is 2.30. The van der Waals surface area contributed by atoms with Gasteiger partial charge in [-0.2, -0.15) is 5.26 Å². The summed E-state index contributed by atoms with van der Waals surface area (Å²) in [6, 6.07) is 1.69. The normalized spacial score (nSPS) is 14.2. The topological polar surface area (TPSA) is 102 Å². The second kappa shape index (κ2) is 5.16. The molecule has 2 N–H and O–H groups in total. The second-order valence-electron chi connectivity index (χ2n) is 4.78. The van der Waals surface area contributed by atoms with Crippen molar-refractivity contribution in [3.05, 3.63) is 32.6 Å². The van der Waals surface area contributed by atoms with Crippen molar-refractivity contribution in [2.45, 2.75) is 19.1 Å². The Hall–Kier alpha value is -1.91.